The molecule has 0 amide bonds. The summed E-state index contributed by atoms with van der Waals surface area (Å²) < 4.78 is 0.736. The molecule has 0 aliphatic heterocycles. The molecule has 21 heavy (non-hydrogen) atoms. The Balaban J connectivity index is 2.52. The number of thiazole rings is 1. The lowest BCUT2D eigenvalue weighted by atomic mass is 10.1. The molecular formula is C13H14N2O4S2. The van der Waals surface area contributed by atoms with Crippen molar-refractivity contribution in [3.63, 3.8) is 0 Å². The third kappa shape index (κ3) is 3.33. The van der Waals surface area contributed by atoms with E-state index in [1.807, 2.05) is 6.92 Å². The zero-order chi connectivity index (χ0) is 15.7. The van der Waals surface area contributed by atoms with Crippen LogP contribution in [0.3, 0.4) is 0 Å². The number of hydrogen-bond donors (Lipinski definition) is 1. The first kappa shape index (κ1) is 15.7. The molecule has 0 aliphatic rings. The van der Waals surface area contributed by atoms with Crippen LogP contribution in [0.2, 0.25) is 0 Å². The maximum Gasteiger partial charge on any atom is 0.317 e. The summed E-state index contributed by atoms with van der Waals surface area (Å²) in [5.41, 5.74) is 0.599. The minimum atomic E-state index is -0.973. The van der Waals surface area contributed by atoms with Gasteiger partial charge >= 0.3 is 5.97 Å². The highest BCUT2D eigenvalue weighted by Gasteiger charge is 2.27. The maximum absolute atomic E-state index is 11.3. The van der Waals surface area contributed by atoms with E-state index in [9.17, 15) is 20.0 Å². The minimum absolute atomic E-state index is 0.0666. The van der Waals surface area contributed by atoms with E-state index in [4.69, 9.17) is 0 Å². The van der Waals surface area contributed by atoms with Crippen molar-refractivity contribution in [3.05, 3.63) is 27.3 Å². The van der Waals surface area contributed by atoms with Crippen molar-refractivity contribution in [2.45, 2.75) is 30.9 Å². The standard InChI is InChI=1S/C13H14N2O4S2/c1-6(2)12(13(16)17)21-11-4-8-10(20-7(3)14-8)5-9(11)15(18)19/h4-6,12H,1-3H3,(H,16,17). The molecule has 1 atom stereocenters. The molecule has 2 rings (SSSR count). The van der Waals surface area contributed by atoms with Crippen molar-refractivity contribution >= 4 is 45.0 Å². The molecule has 1 unspecified atom stereocenters. The van der Waals surface area contributed by atoms with Crippen LogP contribution in [0.1, 0.15) is 18.9 Å². The quantitative estimate of drug-likeness (QED) is 0.511. The topological polar surface area (TPSA) is 93.3 Å². The number of carboxylic acid groups (broad SMARTS) is 1. The largest absolute Gasteiger partial charge is 0.480 e. The monoisotopic (exact) mass is 326 g/mol. The fourth-order valence-corrected chi connectivity index (χ4v) is 3.83. The summed E-state index contributed by atoms with van der Waals surface area (Å²) in [7, 11) is 0. The lowest BCUT2D eigenvalue weighted by molar-refractivity contribution is -0.387. The molecule has 1 aromatic carbocycles. The van der Waals surface area contributed by atoms with Crippen LogP contribution in [0.5, 0.6) is 0 Å². The van der Waals surface area contributed by atoms with Gasteiger partial charge in [0, 0.05) is 6.07 Å². The molecule has 0 fully saturated rings. The van der Waals surface area contributed by atoms with E-state index in [0.717, 1.165) is 21.5 Å². The highest BCUT2D eigenvalue weighted by molar-refractivity contribution is 8.00. The Labute approximate surface area is 129 Å². The molecule has 0 aliphatic carbocycles. The molecule has 6 nitrogen and oxygen atoms in total. The number of thioether (sulfide) groups is 1. The number of hydrogen-bond acceptors (Lipinski definition) is 6. The smallest absolute Gasteiger partial charge is 0.317 e. The molecule has 1 aromatic heterocycles. The summed E-state index contributed by atoms with van der Waals surface area (Å²) in [5.74, 6) is -1.11. The van der Waals surface area contributed by atoms with Crippen molar-refractivity contribution in [1.82, 2.24) is 4.98 Å². The summed E-state index contributed by atoms with van der Waals surface area (Å²) in [4.78, 5) is 26.7. The van der Waals surface area contributed by atoms with Gasteiger partial charge in [0.2, 0.25) is 0 Å². The molecule has 2 aromatic rings. The van der Waals surface area contributed by atoms with E-state index in [1.54, 1.807) is 19.9 Å². The summed E-state index contributed by atoms with van der Waals surface area (Å²) in [6, 6.07) is 3.08. The van der Waals surface area contributed by atoms with Gasteiger partial charge < -0.3 is 5.11 Å². The average molecular weight is 326 g/mol. The lowest BCUT2D eigenvalue weighted by Crippen LogP contribution is -2.22. The first-order valence-corrected chi connectivity index (χ1v) is 7.94. The van der Waals surface area contributed by atoms with Crippen molar-refractivity contribution in [2.24, 2.45) is 5.92 Å². The number of nitrogens with zero attached hydrogens (tertiary/aromatic N) is 2. The zero-order valence-electron chi connectivity index (χ0n) is 11.7. The van der Waals surface area contributed by atoms with Crippen LogP contribution >= 0.6 is 23.1 Å². The summed E-state index contributed by atoms with van der Waals surface area (Å²) in [5, 5.41) is 20.6. The SMILES string of the molecule is Cc1nc2cc(SC(C(=O)O)C(C)C)c([N+](=O)[O-])cc2s1. The predicted molar refractivity (Wildman–Crippen MR) is 83.1 cm³/mol. The van der Waals surface area contributed by atoms with Crippen LogP contribution in [0.25, 0.3) is 10.2 Å². The molecule has 0 saturated heterocycles. The highest BCUT2D eigenvalue weighted by Crippen LogP contribution is 2.38. The minimum Gasteiger partial charge on any atom is -0.480 e. The molecule has 0 saturated carbocycles. The Morgan fingerprint density at radius 1 is 1.48 bits per heavy atom. The fourth-order valence-electron chi connectivity index (χ4n) is 1.90. The zero-order valence-corrected chi connectivity index (χ0v) is 13.3. The van der Waals surface area contributed by atoms with Crippen LogP contribution < -0.4 is 0 Å². The number of aliphatic carboxylic acids is 1. The molecule has 0 spiro atoms. The number of carboxylic acids is 1. The Hall–Kier alpha value is -1.67. The van der Waals surface area contributed by atoms with E-state index in [0.29, 0.717) is 10.4 Å². The normalized spacial score (nSPS) is 12.8. The number of aryl methyl sites for hydroxylation is 1. The Bertz CT molecular complexity index is 712. The van der Waals surface area contributed by atoms with Gasteiger partial charge in [-0.25, -0.2) is 4.98 Å². The number of benzene rings is 1. The molecule has 0 radical (unpaired) electrons. The van der Waals surface area contributed by atoms with Gasteiger partial charge in [-0.3, -0.25) is 14.9 Å². The Morgan fingerprint density at radius 3 is 2.67 bits per heavy atom. The lowest BCUT2D eigenvalue weighted by Gasteiger charge is -2.15. The first-order chi connectivity index (χ1) is 9.79. The van der Waals surface area contributed by atoms with E-state index >= 15 is 0 Å². The van der Waals surface area contributed by atoms with Gasteiger partial charge in [-0.1, -0.05) is 13.8 Å². The summed E-state index contributed by atoms with van der Waals surface area (Å²) in [6.45, 7) is 5.39. The van der Waals surface area contributed by atoms with Gasteiger partial charge in [0.15, 0.2) is 0 Å². The molecular weight excluding hydrogens is 312 g/mol. The highest BCUT2D eigenvalue weighted by atomic mass is 32.2. The van der Waals surface area contributed by atoms with Gasteiger partial charge in [-0.15, -0.1) is 23.1 Å². The van der Waals surface area contributed by atoms with Crippen LogP contribution in [0.4, 0.5) is 5.69 Å². The Morgan fingerprint density at radius 2 is 2.14 bits per heavy atom. The van der Waals surface area contributed by atoms with E-state index in [1.165, 1.54) is 17.4 Å². The molecule has 112 valence electrons. The van der Waals surface area contributed by atoms with Crippen molar-refractivity contribution in [1.29, 1.82) is 0 Å². The van der Waals surface area contributed by atoms with Crippen LogP contribution in [-0.4, -0.2) is 26.2 Å². The third-order valence-corrected chi connectivity index (χ3v) is 5.39. The number of nitro benzene ring substituents is 1. The number of nitro groups is 1. The van der Waals surface area contributed by atoms with Gasteiger partial charge in [-0.2, -0.15) is 0 Å². The number of rotatable bonds is 5. The van der Waals surface area contributed by atoms with Crippen molar-refractivity contribution < 1.29 is 14.8 Å². The second kappa shape index (κ2) is 5.98. The molecule has 8 heteroatoms. The van der Waals surface area contributed by atoms with Gasteiger partial charge in [-0.05, 0) is 18.9 Å². The summed E-state index contributed by atoms with van der Waals surface area (Å²) >= 11 is 2.39. The van der Waals surface area contributed by atoms with Crippen molar-refractivity contribution in [2.75, 3.05) is 0 Å². The van der Waals surface area contributed by atoms with E-state index < -0.39 is 16.1 Å². The van der Waals surface area contributed by atoms with Gasteiger partial charge in [0.05, 0.1) is 25.0 Å². The van der Waals surface area contributed by atoms with Gasteiger partial charge in [0.25, 0.3) is 5.69 Å². The molecule has 1 heterocycles. The van der Waals surface area contributed by atoms with Crippen LogP contribution in [-0.2, 0) is 4.79 Å². The van der Waals surface area contributed by atoms with Crippen LogP contribution in [0, 0.1) is 23.0 Å². The second-order valence-corrected chi connectivity index (χ2v) is 7.32. The number of carbonyl (C=O) groups is 1. The van der Waals surface area contributed by atoms with Crippen LogP contribution in [0.15, 0.2) is 17.0 Å². The first-order valence-electron chi connectivity index (χ1n) is 6.24. The molecule has 0 bridgehead atoms. The average Bonchev–Trinajstić information content (AvgIpc) is 2.72. The van der Waals surface area contributed by atoms with Gasteiger partial charge in [0.1, 0.15) is 5.25 Å². The van der Waals surface area contributed by atoms with Crippen molar-refractivity contribution in [3.8, 4) is 0 Å². The summed E-state index contributed by atoms with van der Waals surface area (Å²) in [6.07, 6.45) is 0. The Kier molecular flexibility index (Phi) is 4.48. The fraction of sp³-hybridized carbons (Fsp3) is 0.385. The predicted octanol–water partition coefficient (Wildman–Crippen LogP) is 3.71. The number of aromatic nitrogens is 1. The third-order valence-electron chi connectivity index (χ3n) is 2.88. The van der Waals surface area contributed by atoms with E-state index in [2.05, 4.69) is 4.98 Å². The second-order valence-electron chi connectivity index (χ2n) is 4.90. The maximum atomic E-state index is 11.3. The van der Waals surface area contributed by atoms with E-state index in [-0.39, 0.29) is 11.6 Å². The molecule has 1 N–H and O–H groups in total. The number of fused-ring (bicyclic) bond motifs is 1.